The second kappa shape index (κ2) is 9.68. The number of carbonyl (C=O) groups excluding carboxylic acids is 1. The first kappa shape index (κ1) is 24.5. The maximum absolute atomic E-state index is 13.4. The fourth-order valence-electron chi connectivity index (χ4n) is 4.16. The molecule has 1 aliphatic rings. The molecule has 0 radical (unpaired) electrons. The Hall–Kier alpha value is -4.22. The van der Waals surface area contributed by atoms with Crippen LogP contribution >= 0.6 is 0 Å². The summed E-state index contributed by atoms with van der Waals surface area (Å²) in [5.74, 6) is -0.268. The Morgan fingerprint density at radius 2 is 1.19 bits per heavy atom. The SMILES string of the molecule is Cc1ccccc1-n1cc(C=C2CN(S(C)(=O)=O)CC(=Cc3cn(-c4ccccc4C)nn3)C2=O)nn1. The molecule has 0 bridgehead atoms. The molecule has 0 spiro atoms. The van der Waals surface area contributed by atoms with Crippen LogP contribution in [0.25, 0.3) is 23.5 Å². The van der Waals surface area contributed by atoms with Gasteiger partial charge in [-0.05, 0) is 49.3 Å². The lowest BCUT2D eigenvalue weighted by Gasteiger charge is -2.27. The number of rotatable bonds is 5. The van der Waals surface area contributed by atoms with Gasteiger partial charge in [-0.25, -0.2) is 17.8 Å². The van der Waals surface area contributed by atoms with Gasteiger partial charge in [0.05, 0.1) is 30.0 Å². The predicted octanol–water partition coefficient (Wildman–Crippen LogP) is 2.78. The number of ketones is 1. The zero-order chi connectivity index (χ0) is 26.2. The summed E-state index contributed by atoms with van der Waals surface area (Å²) < 4.78 is 29.4. The molecular weight excluding hydrogens is 490 g/mol. The van der Waals surface area contributed by atoms with Crippen LogP contribution in [0.3, 0.4) is 0 Å². The van der Waals surface area contributed by atoms with Crippen molar-refractivity contribution in [3.05, 3.63) is 94.6 Å². The Balaban J connectivity index is 1.48. The Labute approximate surface area is 214 Å². The Bertz CT molecular complexity index is 1560. The second-order valence-corrected chi connectivity index (χ2v) is 10.9. The van der Waals surface area contributed by atoms with Crippen molar-refractivity contribution in [2.24, 2.45) is 0 Å². The average Bonchev–Trinajstić information content (AvgIpc) is 3.51. The number of aryl methyl sites for hydroxylation is 2. The summed E-state index contributed by atoms with van der Waals surface area (Å²) in [5.41, 5.74) is 5.27. The van der Waals surface area contributed by atoms with Gasteiger partial charge in [0.1, 0.15) is 11.4 Å². The van der Waals surface area contributed by atoms with E-state index in [1.807, 2.05) is 62.4 Å². The minimum Gasteiger partial charge on any atom is -0.289 e. The Morgan fingerprint density at radius 3 is 1.59 bits per heavy atom. The number of benzene rings is 2. The molecule has 0 unspecified atom stereocenters. The van der Waals surface area contributed by atoms with Gasteiger partial charge in [-0.15, -0.1) is 10.2 Å². The molecule has 11 heteroatoms. The van der Waals surface area contributed by atoms with Gasteiger partial charge in [0.2, 0.25) is 10.0 Å². The molecule has 4 aromatic rings. The van der Waals surface area contributed by atoms with E-state index in [-0.39, 0.29) is 18.9 Å². The Morgan fingerprint density at radius 1 is 0.757 bits per heavy atom. The highest BCUT2D eigenvalue weighted by atomic mass is 32.2. The largest absolute Gasteiger partial charge is 0.289 e. The number of nitrogens with zero attached hydrogens (tertiary/aromatic N) is 7. The number of sulfonamides is 1. The normalized spacial score (nSPS) is 17.1. The lowest BCUT2D eigenvalue weighted by molar-refractivity contribution is -0.113. The molecule has 10 nitrogen and oxygen atoms in total. The molecular formula is C26H25N7O3S. The third kappa shape index (κ3) is 5.18. The van der Waals surface area contributed by atoms with Gasteiger partial charge in [0, 0.05) is 24.2 Å². The molecule has 1 aliphatic heterocycles. The predicted molar refractivity (Wildman–Crippen MR) is 140 cm³/mol. The molecule has 0 N–H and O–H groups in total. The van der Waals surface area contributed by atoms with Gasteiger partial charge in [-0.2, -0.15) is 4.31 Å². The molecule has 37 heavy (non-hydrogen) atoms. The van der Waals surface area contributed by atoms with E-state index in [1.165, 1.54) is 4.31 Å². The van der Waals surface area contributed by atoms with Crippen molar-refractivity contribution in [3.63, 3.8) is 0 Å². The number of Topliss-reactive ketones (excluding diaryl/α,β-unsaturated/α-hetero) is 1. The summed E-state index contributed by atoms with van der Waals surface area (Å²) in [6.45, 7) is 3.83. The van der Waals surface area contributed by atoms with E-state index in [9.17, 15) is 13.2 Å². The molecule has 1 saturated heterocycles. The number of para-hydroxylation sites is 2. The minimum atomic E-state index is -3.57. The number of hydrogen-bond donors (Lipinski definition) is 0. The van der Waals surface area contributed by atoms with Gasteiger partial charge >= 0.3 is 0 Å². The van der Waals surface area contributed by atoms with E-state index >= 15 is 0 Å². The van der Waals surface area contributed by atoms with Crippen LogP contribution < -0.4 is 0 Å². The van der Waals surface area contributed by atoms with Crippen LogP contribution in [0, 0.1) is 13.8 Å². The van der Waals surface area contributed by atoms with Crippen molar-refractivity contribution >= 4 is 28.0 Å². The average molecular weight is 516 g/mol. The molecule has 5 rings (SSSR count). The van der Waals surface area contributed by atoms with Crippen LogP contribution in [0.5, 0.6) is 0 Å². The number of carbonyl (C=O) groups is 1. The molecule has 0 saturated carbocycles. The highest BCUT2D eigenvalue weighted by molar-refractivity contribution is 7.88. The van der Waals surface area contributed by atoms with Crippen molar-refractivity contribution in [1.82, 2.24) is 34.3 Å². The van der Waals surface area contributed by atoms with Crippen LogP contribution in [0.4, 0.5) is 0 Å². The van der Waals surface area contributed by atoms with E-state index in [0.29, 0.717) is 22.5 Å². The van der Waals surface area contributed by atoms with E-state index < -0.39 is 10.0 Å². The fourth-order valence-corrected chi connectivity index (χ4v) is 4.91. The molecule has 3 heterocycles. The molecule has 1 fully saturated rings. The third-order valence-electron chi connectivity index (χ3n) is 6.14. The molecule has 2 aromatic carbocycles. The summed E-state index contributed by atoms with van der Waals surface area (Å²) in [7, 11) is -3.57. The number of aromatic nitrogens is 6. The zero-order valence-corrected chi connectivity index (χ0v) is 21.4. The van der Waals surface area contributed by atoms with Crippen LogP contribution in [0.1, 0.15) is 22.5 Å². The molecule has 0 amide bonds. The summed E-state index contributed by atoms with van der Waals surface area (Å²) in [4.78, 5) is 13.4. The van der Waals surface area contributed by atoms with Gasteiger partial charge in [-0.1, -0.05) is 46.8 Å². The van der Waals surface area contributed by atoms with Crippen LogP contribution in [0.2, 0.25) is 0 Å². The van der Waals surface area contributed by atoms with Crippen LogP contribution in [0.15, 0.2) is 72.1 Å². The quantitative estimate of drug-likeness (QED) is 0.375. The first-order valence-corrected chi connectivity index (χ1v) is 13.4. The maximum atomic E-state index is 13.4. The summed E-state index contributed by atoms with van der Waals surface area (Å²) >= 11 is 0. The molecule has 0 aliphatic carbocycles. The van der Waals surface area contributed by atoms with Crippen molar-refractivity contribution < 1.29 is 13.2 Å². The highest BCUT2D eigenvalue weighted by Crippen LogP contribution is 2.24. The van der Waals surface area contributed by atoms with Crippen molar-refractivity contribution in [1.29, 1.82) is 0 Å². The first-order chi connectivity index (χ1) is 17.7. The van der Waals surface area contributed by atoms with Gasteiger partial charge in [0.25, 0.3) is 0 Å². The van der Waals surface area contributed by atoms with Crippen LogP contribution in [-0.2, 0) is 14.8 Å². The van der Waals surface area contributed by atoms with E-state index in [0.717, 1.165) is 28.8 Å². The third-order valence-corrected chi connectivity index (χ3v) is 7.33. The lowest BCUT2D eigenvalue weighted by Crippen LogP contribution is -2.41. The van der Waals surface area contributed by atoms with Gasteiger partial charge in [-0.3, -0.25) is 4.79 Å². The fraction of sp³-hybridized carbons (Fsp3) is 0.192. The van der Waals surface area contributed by atoms with E-state index in [4.69, 9.17) is 0 Å². The monoisotopic (exact) mass is 515 g/mol. The van der Waals surface area contributed by atoms with Crippen molar-refractivity contribution in [2.45, 2.75) is 13.8 Å². The molecule has 188 valence electrons. The van der Waals surface area contributed by atoms with Crippen molar-refractivity contribution in [2.75, 3.05) is 19.3 Å². The zero-order valence-electron chi connectivity index (χ0n) is 20.6. The standard InChI is InChI=1S/C26H25N7O3S/c1-18-8-4-6-10-24(18)32-16-22(27-29-32)12-20-14-31(37(3,35)36)15-21(26(20)34)13-23-17-33(30-28-23)25-11-7-5-9-19(25)2/h4-13,16-17H,14-15H2,1-3H3. The van der Waals surface area contributed by atoms with E-state index in [1.54, 1.807) is 33.9 Å². The topological polar surface area (TPSA) is 116 Å². The van der Waals surface area contributed by atoms with E-state index in [2.05, 4.69) is 20.6 Å². The van der Waals surface area contributed by atoms with Gasteiger partial charge in [0.15, 0.2) is 5.78 Å². The second-order valence-electron chi connectivity index (χ2n) is 8.95. The van der Waals surface area contributed by atoms with Gasteiger partial charge < -0.3 is 0 Å². The first-order valence-electron chi connectivity index (χ1n) is 11.6. The summed E-state index contributed by atoms with van der Waals surface area (Å²) in [6, 6.07) is 15.5. The lowest BCUT2D eigenvalue weighted by atomic mass is 9.97. The maximum Gasteiger partial charge on any atom is 0.211 e. The smallest absolute Gasteiger partial charge is 0.211 e. The summed E-state index contributed by atoms with van der Waals surface area (Å²) in [5, 5.41) is 16.7. The summed E-state index contributed by atoms with van der Waals surface area (Å²) in [6.07, 6.45) is 7.71. The minimum absolute atomic E-state index is 0.0534. The Kier molecular flexibility index (Phi) is 6.40. The number of hydrogen-bond acceptors (Lipinski definition) is 7. The van der Waals surface area contributed by atoms with Crippen LogP contribution in [-0.4, -0.2) is 67.8 Å². The number of piperidine rings is 1. The highest BCUT2D eigenvalue weighted by Gasteiger charge is 2.31. The molecule has 0 atom stereocenters. The molecule has 2 aromatic heterocycles. The van der Waals surface area contributed by atoms with Crippen molar-refractivity contribution in [3.8, 4) is 11.4 Å².